The third-order valence-electron chi connectivity index (χ3n) is 3.19. The zero-order valence-electron chi connectivity index (χ0n) is 12.6. The molecule has 0 aliphatic carbocycles. The molecule has 4 nitrogen and oxygen atoms in total. The molecule has 0 fully saturated rings. The summed E-state index contributed by atoms with van der Waals surface area (Å²) in [7, 11) is 0. The molecule has 22 heavy (non-hydrogen) atoms. The van der Waals surface area contributed by atoms with E-state index >= 15 is 0 Å². The van der Waals surface area contributed by atoms with Crippen molar-refractivity contribution in [1.29, 1.82) is 0 Å². The highest BCUT2D eigenvalue weighted by Gasteiger charge is 2.09. The summed E-state index contributed by atoms with van der Waals surface area (Å²) in [6, 6.07) is 9.46. The fourth-order valence-electron chi connectivity index (χ4n) is 1.99. The number of carbonyl (C=O) groups is 2. The van der Waals surface area contributed by atoms with Crippen LogP contribution < -0.4 is 0 Å². The van der Waals surface area contributed by atoms with Crippen molar-refractivity contribution < 1.29 is 24.2 Å². The van der Waals surface area contributed by atoms with Gasteiger partial charge in [-0.1, -0.05) is 24.3 Å². The fourth-order valence-corrected chi connectivity index (χ4v) is 1.99. The normalized spacial score (nSPS) is 9.64. The van der Waals surface area contributed by atoms with Gasteiger partial charge < -0.3 is 10.2 Å². The van der Waals surface area contributed by atoms with Crippen molar-refractivity contribution in [1.82, 2.24) is 0 Å². The number of carboxylic acids is 2. The molecule has 0 spiro atoms. The number of aryl methyl sites for hydroxylation is 2. The molecule has 0 amide bonds. The minimum atomic E-state index is -1.10. The minimum absolute atomic E-state index is 0.0185. The molecule has 0 atom stereocenters. The van der Waals surface area contributed by atoms with Gasteiger partial charge in [0.25, 0.3) is 0 Å². The first-order chi connectivity index (χ1) is 10.3. The van der Waals surface area contributed by atoms with Gasteiger partial charge in [0.1, 0.15) is 5.82 Å². The lowest BCUT2D eigenvalue weighted by Gasteiger charge is -2.02. The van der Waals surface area contributed by atoms with Crippen molar-refractivity contribution in [3.05, 3.63) is 70.0 Å². The van der Waals surface area contributed by atoms with Gasteiger partial charge in [0.2, 0.25) is 0 Å². The van der Waals surface area contributed by atoms with Gasteiger partial charge in [-0.25, -0.2) is 14.0 Å². The first-order valence-corrected chi connectivity index (χ1v) is 6.53. The molecule has 5 heteroatoms. The maximum Gasteiger partial charge on any atom is 0.336 e. The predicted molar refractivity (Wildman–Crippen MR) is 81.0 cm³/mol. The number of carboxylic acid groups (broad SMARTS) is 2. The number of benzene rings is 2. The summed E-state index contributed by atoms with van der Waals surface area (Å²) in [5.41, 5.74) is 2.26. The summed E-state index contributed by atoms with van der Waals surface area (Å²) in [6.07, 6.45) is 0. The van der Waals surface area contributed by atoms with E-state index in [0.717, 1.165) is 11.1 Å². The van der Waals surface area contributed by atoms with E-state index in [9.17, 15) is 14.0 Å². The number of hydrogen-bond donors (Lipinski definition) is 2. The lowest BCUT2D eigenvalue weighted by molar-refractivity contribution is 0.0684. The Labute approximate surface area is 127 Å². The van der Waals surface area contributed by atoms with Crippen molar-refractivity contribution in [2.24, 2.45) is 0 Å². The molecule has 0 radical (unpaired) electrons. The van der Waals surface area contributed by atoms with Crippen molar-refractivity contribution in [2.75, 3.05) is 0 Å². The van der Waals surface area contributed by atoms with Crippen LogP contribution in [0.25, 0.3) is 0 Å². The van der Waals surface area contributed by atoms with E-state index in [1.54, 1.807) is 26.0 Å². The van der Waals surface area contributed by atoms with E-state index in [1.807, 2.05) is 6.07 Å². The third kappa shape index (κ3) is 4.15. The molecule has 0 aromatic heterocycles. The first-order valence-electron chi connectivity index (χ1n) is 6.53. The largest absolute Gasteiger partial charge is 0.478 e. The molecule has 2 aromatic rings. The Bertz CT molecular complexity index is 688. The Hall–Kier alpha value is -2.69. The van der Waals surface area contributed by atoms with Crippen molar-refractivity contribution in [2.45, 2.75) is 20.8 Å². The fraction of sp³-hybridized carbons (Fsp3) is 0.176. The zero-order chi connectivity index (χ0) is 16.9. The quantitative estimate of drug-likeness (QED) is 0.884. The van der Waals surface area contributed by atoms with E-state index in [-0.39, 0.29) is 11.1 Å². The molecule has 0 bridgehead atoms. The Balaban J connectivity index is 0.000000220. The Morgan fingerprint density at radius 3 is 1.73 bits per heavy atom. The van der Waals surface area contributed by atoms with Crippen LogP contribution in [0.15, 0.2) is 36.4 Å². The third-order valence-corrected chi connectivity index (χ3v) is 3.19. The molecule has 0 heterocycles. The van der Waals surface area contributed by atoms with Crippen LogP contribution in [0.5, 0.6) is 0 Å². The second kappa shape index (κ2) is 7.36. The van der Waals surface area contributed by atoms with Crippen LogP contribution >= 0.6 is 0 Å². The second-order valence-corrected chi connectivity index (χ2v) is 4.79. The van der Waals surface area contributed by atoms with E-state index in [2.05, 4.69) is 0 Å². The van der Waals surface area contributed by atoms with Crippen LogP contribution in [0.3, 0.4) is 0 Å². The molecule has 0 aliphatic heterocycles. The predicted octanol–water partition coefficient (Wildman–Crippen LogP) is 3.83. The van der Waals surface area contributed by atoms with E-state index in [4.69, 9.17) is 10.2 Å². The molecular weight excluding hydrogens is 287 g/mol. The van der Waals surface area contributed by atoms with E-state index < -0.39 is 17.8 Å². The maximum absolute atomic E-state index is 12.7. The molecule has 0 unspecified atom stereocenters. The Kier molecular flexibility index (Phi) is 5.81. The Morgan fingerprint density at radius 1 is 0.864 bits per heavy atom. The van der Waals surface area contributed by atoms with Crippen LogP contribution in [0.1, 0.15) is 37.4 Å². The highest BCUT2D eigenvalue weighted by molar-refractivity contribution is 5.91. The highest BCUT2D eigenvalue weighted by atomic mass is 19.1. The van der Waals surface area contributed by atoms with Crippen molar-refractivity contribution >= 4 is 11.9 Å². The number of hydrogen-bond acceptors (Lipinski definition) is 2. The highest BCUT2D eigenvalue weighted by Crippen LogP contribution is 2.12. The SMILES string of the molecule is Cc1c(F)cccc1C(=O)O.Cc1cccc(C)c1C(=O)O. The van der Waals surface area contributed by atoms with Crippen LogP contribution in [0.4, 0.5) is 4.39 Å². The average Bonchev–Trinajstić information content (AvgIpc) is 2.41. The zero-order valence-corrected chi connectivity index (χ0v) is 12.6. The van der Waals surface area contributed by atoms with Gasteiger partial charge in [0, 0.05) is 0 Å². The molecule has 0 aliphatic rings. The van der Waals surface area contributed by atoms with Gasteiger partial charge in [-0.2, -0.15) is 0 Å². The topological polar surface area (TPSA) is 74.6 Å². The Morgan fingerprint density at radius 2 is 1.36 bits per heavy atom. The minimum Gasteiger partial charge on any atom is -0.478 e. The second-order valence-electron chi connectivity index (χ2n) is 4.79. The van der Waals surface area contributed by atoms with Gasteiger partial charge in [0.05, 0.1) is 11.1 Å². The van der Waals surface area contributed by atoms with Gasteiger partial charge in [-0.15, -0.1) is 0 Å². The number of halogens is 1. The summed E-state index contributed by atoms with van der Waals surface area (Å²) < 4.78 is 12.7. The summed E-state index contributed by atoms with van der Waals surface area (Å²) in [5, 5.41) is 17.3. The summed E-state index contributed by atoms with van der Waals surface area (Å²) in [6.45, 7) is 5.05. The summed E-state index contributed by atoms with van der Waals surface area (Å²) in [4.78, 5) is 21.0. The molecule has 2 N–H and O–H groups in total. The molecule has 2 aromatic carbocycles. The standard InChI is InChI=1S/C9H10O2.C8H7FO2/c1-6-4-3-5-7(2)8(6)9(10)11;1-5-6(8(10)11)3-2-4-7(5)9/h3-5H,1-2H3,(H,10,11);2-4H,1H3,(H,10,11). The van der Waals surface area contributed by atoms with Gasteiger partial charge in [-0.05, 0) is 49.6 Å². The van der Waals surface area contributed by atoms with Crippen molar-refractivity contribution in [3.63, 3.8) is 0 Å². The maximum atomic E-state index is 12.7. The molecule has 116 valence electrons. The molecular formula is C17H17FO4. The molecule has 2 rings (SSSR count). The van der Waals surface area contributed by atoms with Crippen LogP contribution in [-0.2, 0) is 0 Å². The number of aromatic carboxylic acids is 2. The summed E-state index contributed by atoms with van der Waals surface area (Å²) in [5.74, 6) is -2.42. The van der Waals surface area contributed by atoms with Gasteiger partial charge in [0.15, 0.2) is 0 Å². The molecule has 0 saturated carbocycles. The lowest BCUT2D eigenvalue weighted by Crippen LogP contribution is -2.01. The van der Waals surface area contributed by atoms with E-state index in [0.29, 0.717) is 5.56 Å². The van der Waals surface area contributed by atoms with Crippen LogP contribution in [0.2, 0.25) is 0 Å². The molecule has 0 saturated heterocycles. The monoisotopic (exact) mass is 304 g/mol. The lowest BCUT2D eigenvalue weighted by atomic mass is 10.0. The van der Waals surface area contributed by atoms with Crippen LogP contribution in [-0.4, -0.2) is 22.2 Å². The van der Waals surface area contributed by atoms with Gasteiger partial charge in [-0.3, -0.25) is 0 Å². The number of rotatable bonds is 2. The summed E-state index contributed by atoms with van der Waals surface area (Å²) >= 11 is 0. The average molecular weight is 304 g/mol. The van der Waals surface area contributed by atoms with Crippen molar-refractivity contribution in [3.8, 4) is 0 Å². The first kappa shape index (κ1) is 17.4. The van der Waals surface area contributed by atoms with Gasteiger partial charge >= 0.3 is 11.9 Å². The van der Waals surface area contributed by atoms with Crippen LogP contribution in [0, 0.1) is 26.6 Å². The smallest absolute Gasteiger partial charge is 0.336 e. The van der Waals surface area contributed by atoms with E-state index in [1.165, 1.54) is 25.1 Å².